The molecule has 3 fully saturated rings. The highest BCUT2D eigenvalue weighted by Crippen LogP contribution is 2.46. The lowest BCUT2D eigenvalue weighted by Crippen LogP contribution is -2.57. The average molecular weight is 527 g/mol. The molecule has 1 saturated heterocycles. The highest BCUT2D eigenvalue weighted by Gasteiger charge is 2.54. The lowest BCUT2D eigenvalue weighted by atomic mass is 10.0. The van der Waals surface area contributed by atoms with Crippen molar-refractivity contribution < 1.29 is 14.6 Å². The summed E-state index contributed by atoms with van der Waals surface area (Å²) in [6.07, 6.45) is 3.90. The molecule has 0 aromatic heterocycles. The molecule has 1 atom stereocenters. The number of amides is 1. The van der Waals surface area contributed by atoms with Crippen LogP contribution in [0.25, 0.3) is 11.1 Å². The number of nitrogens with one attached hydrogen (secondary N) is 2. The number of rotatable bonds is 10. The van der Waals surface area contributed by atoms with Crippen molar-refractivity contribution in [3.05, 3.63) is 83.9 Å². The molecule has 1 aliphatic heterocycles. The summed E-state index contributed by atoms with van der Waals surface area (Å²) in [6.45, 7) is 4.54. The maximum Gasteiger partial charge on any atom is 0.255 e. The molecule has 204 valence electrons. The summed E-state index contributed by atoms with van der Waals surface area (Å²) >= 11 is 0. The van der Waals surface area contributed by atoms with Crippen molar-refractivity contribution in [2.45, 2.75) is 50.1 Å². The fourth-order valence-electron chi connectivity index (χ4n) is 5.86. The molecule has 3 aromatic rings. The van der Waals surface area contributed by atoms with Gasteiger partial charge in [0.15, 0.2) is 0 Å². The molecule has 0 spiro atoms. The van der Waals surface area contributed by atoms with Crippen LogP contribution in [0.4, 0.5) is 11.4 Å². The predicted octanol–water partition coefficient (Wildman–Crippen LogP) is 4.80. The Balaban J connectivity index is 1.13. The summed E-state index contributed by atoms with van der Waals surface area (Å²) in [7, 11) is 1.65. The molecule has 0 radical (unpaired) electrons. The monoisotopic (exact) mass is 526 g/mol. The van der Waals surface area contributed by atoms with Crippen LogP contribution in [-0.4, -0.2) is 71.9 Å². The summed E-state index contributed by atoms with van der Waals surface area (Å²) in [6, 6.07) is 24.3. The van der Waals surface area contributed by atoms with Crippen LogP contribution in [-0.2, 0) is 11.3 Å². The van der Waals surface area contributed by atoms with Crippen LogP contribution < -0.4 is 10.6 Å². The van der Waals surface area contributed by atoms with Crippen molar-refractivity contribution in [3.63, 3.8) is 0 Å². The third kappa shape index (κ3) is 5.72. The smallest absolute Gasteiger partial charge is 0.255 e. The van der Waals surface area contributed by atoms with E-state index in [2.05, 4.69) is 32.6 Å². The van der Waals surface area contributed by atoms with E-state index in [0.717, 1.165) is 73.1 Å². The second-order valence-electron chi connectivity index (χ2n) is 11.1. The minimum atomic E-state index is -0.718. The lowest BCUT2D eigenvalue weighted by Gasteiger charge is -2.42. The Kier molecular flexibility index (Phi) is 7.40. The zero-order valence-corrected chi connectivity index (χ0v) is 22.6. The Hall–Kier alpha value is -3.23. The maximum absolute atomic E-state index is 13.2. The summed E-state index contributed by atoms with van der Waals surface area (Å²) in [5, 5.41) is 17.8. The molecular formula is C32H38N4O3. The Labute approximate surface area is 230 Å². The van der Waals surface area contributed by atoms with Gasteiger partial charge in [-0.2, -0.15) is 0 Å². The van der Waals surface area contributed by atoms with Crippen molar-refractivity contribution >= 4 is 17.3 Å². The van der Waals surface area contributed by atoms with Crippen LogP contribution in [0.1, 0.15) is 41.6 Å². The predicted molar refractivity (Wildman–Crippen MR) is 155 cm³/mol. The summed E-state index contributed by atoms with van der Waals surface area (Å²) in [5.74, 6) is -0.193. The number of ether oxygens (including phenoxy) is 1. The van der Waals surface area contributed by atoms with E-state index in [4.69, 9.17) is 4.74 Å². The number of aliphatic hydroxyl groups excluding tert-OH is 1. The van der Waals surface area contributed by atoms with Gasteiger partial charge in [0, 0.05) is 61.8 Å². The van der Waals surface area contributed by atoms with Crippen LogP contribution in [0.5, 0.6) is 0 Å². The van der Waals surface area contributed by atoms with Gasteiger partial charge in [-0.05, 0) is 61.1 Å². The third-order valence-electron chi connectivity index (χ3n) is 8.49. The SMILES string of the molecule is COCc1ccc(C(=O)Nc2ccc(-c3ccccc3)cc2)cc1NC(O)C1(N2CCN(C3CC3)CC2)CC1. The van der Waals surface area contributed by atoms with Gasteiger partial charge in [0.25, 0.3) is 5.91 Å². The zero-order valence-electron chi connectivity index (χ0n) is 22.6. The van der Waals surface area contributed by atoms with E-state index in [9.17, 15) is 9.90 Å². The molecule has 3 aromatic carbocycles. The minimum Gasteiger partial charge on any atom is -0.380 e. The second-order valence-corrected chi connectivity index (χ2v) is 11.1. The first kappa shape index (κ1) is 26.0. The fraction of sp³-hybridized carbons (Fsp3) is 0.406. The topological polar surface area (TPSA) is 77.1 Å². The van der Waals surface area contributed by atoms with Crippen molar-refractivity contribution in [2.75, 3.05) is 43.9 Å². The molecule has 1 amide bonds. The maximum atomic E-state index is 13.2. The number of benzene rings is 3. The molecule has 39 heavy (non-hydrogen) atoms. The number of piperazine rings is 1. The van der Waals surface area contributed by atoms with Gasteiger partial charge in [0.2, 0.25) is 0 Å². The summed E-state index contributed by atoms with van der Waals surface area (Å²) in [5.41, 5.74) is 4.90. The standard InChI is InChI=1S/C32H38N4O3/c1-39-22-26-8-7-25(30(37)33-27-11-9-24(10-12-27)23-5-3-2-4-6-23)21-29(26)34-31(38)32(15-16-32)36-19-17-35(18-20-36)28-13-14-28/h2-12,21,28,31,34,38H,13-20,22H2,1H3,(H,33,37). The van der Waals surface area contributed by atoms with Gasteiger partial charge in [-0.15, -0.1) is 0 Å². The largest absolute Gasteiger partial charge is 0.380 e. The number of methoxy groups -OCH3 is 1. The Morgan fingerprint density at radius 1 is 0.974 bits per heavy atom. The first-order valence-electron chi connectivity index (χ1n) is 14.1. The van der Waals surface area contributed by atoms with Crippen molar-refractivity contribution in [3.8, 4) is 11.1 Å². The number of carbonyl (C=O) groups is 1. The second kappa shape index (κ2) is 11.1. The summed E-state index contributed by atoms with van der Waals surface area (Å²) in [4.78, 5) is 18.2. The molecule has 2 aliphatic carbocycles. The summed E-state index contributed by atoms with van der Waals surface area (Å²) < 4.78 is 5.41. The van der Waals surface area contributed by atoms with Gasteiger partial charge in [-0.25, -0.2) is 0 Å². The first-order valence-corrected chi connectivity index (χ1v) is 14.1. The van der Waals surface area contributed by atoms with E-state index in [1.165, 1.54) is 12.8 Å². The van der Waals surface area contributed by atoms with Crippen LogP contribution in [0.15, 0.2) is 72.8 Å². The number of anilines is 2. The molecule has 3 N–H and O–H groups in total. The average Bonchev–Trinajstić information content (AvgIpc) is 3.89. The first-order chi connectivity index (χ1) is 19.1. The van der Waals surface area contributed by atoms with Gasteiger partial charge in [0.05, 0.1) is 12.1 Å². The van der Waals surface area contributed by atoms with Crippen LogP contribution in [0.2, 0.25) is 0 Å². The Morgan fingerprint density at radius 3 is 2.31 bits per heavy atom. The molecule has 1 heterocycles. The molecule has 0 bridgehead atoms. The molecule has 7 nitrogen and oxygen atoms in total. The van der Waals surface area contributed by atoms with Crippen molar-refractivity contribution in [1.29, 1.82) is 0 Å². The Morgan fingerprint density at radius 2 is 1.67 bits per heavy atom. The van der Waals surface area contributed by atoms with Crippen LogP contribution in [0.3, 0.4) is 0 Å². The van der Waals surface area contributed by atoms with E-state index in [1.54, 1.807) is 7.11 Å². The van der Waals surface area contributed by atoms with Gasteiger partial charge < -0.3 is 20.5 Å². The van der Waals surface area contributed by atoms with E-state index in [0.29, 0.717) is 12.2 Å². The van der Waals surface area contributed by atoms with E-state index < -0.39 is 6.23 Å². The van der Waals surface area contributed by atoms with Crippen molar-refractivity contribution in [1.82, 2.24) is 9.80 Å². The molecule has 3 aliphatic rings. The van der Waals surface area contributed by atoms with E-state index in [-0.39, 0.29) is 11.4 Å². The highest BCUT2D eigenvalue weighted by molar-refractivity contribution is 6.05. The Bertz CT molecular complexity index is 1280. The number of carbonyl (C=O) groups excluding carboxylic acids is 1. The fourth-order valence-corrected chi connectivity index (χ4v) is 5.86. The molecule has 7 heteroatoms. The normalized spacial score (nSPS) is 19.8. The van der Waals surface area contributed by atoms with Crippen LogP contribution >= 0.6 is 0 Å². The number of nitrogens with zero attached hydrogens (tertiary/aromatic N) is 2. The minimum absolute atomic E-state index is 0.193. The molecule has 2 saturated carbocycles. The molecule has 1 unspecified atom stereocenters. The van der Waals surface area contributed by atoms with Gasteiger partial charge in [-0.1, -0.05) is 48.5 Å². The highest BCUT2D eigenvalue weighted by atomic mass is 16.5. The third-order valence-corrected chi connectivity index (χ3v) is 8.49. The quantitative estimate of drug-likeness (QED) is 0.330. The van der Waals surface area contributed by atoms with Crippen LogP contribution in [0, 0.1) is 0 Å². The molecular weight excluding hydrogens is 488 g/mol. The van der Waals surface area contributed by atoms with Gasteiger partial charge in [0.1, 0.15) is 6.23 Å². The number of hydrogen-bond donors (Lipinski definition) is 3. The van der Waals surface area contributed by atoms with Gasteiger partial charge in [-0.3, -0.25) is 14.6 Å². The molecule has 6 rings (SSSR count). The van der Waals surface area contributed by atoms with E-state index >= 15 is 0 Å². The van der Waals surface area contributed by atoms with Crippen molar-refractivity contribution in [2.24, 2.45) is 0 Å². The zero-order chi connectivity index (χ0) is 26.8. The van der Waals surface area contributed by atoms with E-state index in [1.807, 2.05) is 60.7 Å². The van der Waals surface area contributed by atoms with Gasteiger partial charge >= 0.3 is 0 Å². The lowest BCUT2D eigenvalue weighted by molar-refractivity contribution is 0.0142. The number of hydrogen-bond acceptors (Lipinski definition) is 6. The number of aliphatic hydroxyl groups is 1.